The number of rotatable bonds is 7. The van der Waals surface area contributed by atoms with Crippen molar-refractivity contribution in [1.29, 1.82) is 0 Å². The lowest BCUT2D eigenvalue weighted by Crippen LogP contribution is -2.15. The molecule has 0 unspecified atom stereocenters. The fraction of sp³-hybridized carbons (Fsp3) is 0.500. The molecular weight excluding hydrogens is 273 g/mol. The molecule has 0 fully saturated rings. The monoisotopic (exact) mass is 289 g/mol. The third-order valence-electron chi connectivity index (χ3n) is 2.28. The standard InChI is InChI=1S/C12H17BrFNO/c1-16-7-3-2-6-15-9-10-4-5-11(14)8-12(10)13/h4-5,8,15H,2-3,6-7,9H2,1H3. The summed E-state index contributed by atoms with van der Waals surface area (Å²) < 4.78 is 18.6. The van der Waals surface area contributed by atoms with E-state index in [1.165, 1.54) is 12.1 Å². The Hall–Kier alpha value is -0.450. The Bertz CT molecular complexity index is 320. The number of hydrogen-bond donors (Lipinski definition) is 1. The van der Waals surface area contributed by atoms with E-state index in [2.05, 4.69) is 21.2 Å². The van der Waals surface area contributed by atoms with Crippen molar-refractivity contribution in [2.75, 3.05) is 20.3 Å². The van der Waals surface area contributed by atoms with Crippen LogP contribution in [0.2, 0.25) is 0 Å². The third-order valence-corrected chi connectivity index (χ3v) is 3.02. The molecule has 0 atom stereocenters. The fourth-order valence-electron chi connectivity index (χ4n) is 1.38. The second-order valence-corrected chi connectivity index (χ2v) is 4.47. The van der Waals surface area contributed by atoms with Crippen molar-refractivity contribution < 1.29 is 9.13 Å². The fourth-order valence-corrected chi connectivity index (χ4v) is 1.88. The van der Waals surface area contributed by atoms with Gasteiger partial charge < -0.3 is 10.1 Å². The van der Waals surface area contributed by atoms with Gasteiger partial charge in [-0.05, 0) is 37.1 Å². The van der Waals surface area contributed by atoms with Gasteiger partial charge in [-0.25, -0.2) is 4.39 Å². The smallest absolute Gasteiger partial charge is 0.124 e. The summed E-state index contributed by atoms with van der Waals surface area (Å²) in [6, 6.07) is 4.76. The van der Waals surface area contributed by atoms with Crippen LogP contribution < -0.4 is 5.32 Å². The maximum absolute atomic E-state index is 12.8. The van der Waals surface area contributed by atoms with Crippen LogP contribution in [0.4, 0.5) is 4.39 Å². The summed E-state index contributed by atoms with van der Waals surface area (Å²) in [5.41, 5.74) is 1.08. The highest BCUT2D eigenvalue weighted by molar-refractivity contribution is 9.10. The molecule has 0 heterocycles. The van der Waals surface area contributed by atoms with Crippen LogP contribution in [0.3, 0.4) is 0 Å². The van der Waals surface area contributed by atoms with Gasteiger partial charge in [0.2, 0.25) is 0 Å². The first kappa shape index (κ1) is 13.6. The predicted octanol–water partition coefficient (Wildman–Crippen LogP) is 3.10. The van der Waals surface area contributed by atoms with Gasteiger partial charge in [0.25, 0.3) is 0 Å². The highest BCUT2D eigenvalue weighted by Gasteiger charge is 2.00. The van der Waals surface area contributed by atoms with Gasteiger partial charge in [0.15, 0.2) is 0 Å². The maximum Gasteiger partial charge on any atom is 0.124 e. The number of halogens is 2. The SMILES string of the molecule is COCCCCNCc1ccc(F)cc1Br. The van der Waals surface area contributed by atoms with Gasteiger partial charge in [-0.15, -0.1) is 0 Å². The topological polar surface area (TPSA) is 21.3 Å². The lowest BCUT2D eigenvalue weighted by molar-refractivity contribution is 0.192. The Morgan fingerprint density at radius 2 is 2.19 bits per heavy atom. The largest absolute Gasteiger partial charge is 0.385 e. The molecule has 90 valence electrons. The van der Waals surface area contributed by atoms with Crippen LogP contribution in [0.1, 0.15) is 18.4 Å². The van der Waals surface area contributed by atoms with Crippen molar-refractivity contribution in [3.8, 4) is 0 Å². The van der Waals surface area contributed by atoms with E-state index in [4.69, 9.17) is 4.74 Å². The first-order valence-electron chi connectivity index (χ1n) is 5.37. The molecule has 1 rings (SSSR count). The second-order valence-electron chi connectivity index (χ2n) is 3.61. The lowest BCUT2D eigenvalue weighted by atomic mass is 10.2. The molecule has 0 aliphatic heterocycles. The Morgan fingerprint density at radius 3 is 2.88 bits per heavy atom. The minimum absolute atomic E-state index is 0.212. The maximum atomic E-state index is 12.8. The van der Waals surface area contributed by atoms with Gasteiger partial charge >= 0.3 is 0 Å². The van der Waals surface area contributed by atoms with Crippen LogP contribution in [-0.4, -0.2) is 20.3 Å². The van der Waals surface area contributed by atoms with Gasteiger partial charge in [0.1, 0.15) is 5.82 Å². The van der Waals surface area contributed by atoms with Crippen LogP contribution in [0.25, 0.3) is 0 Å². The van der Waals surface area contributed by atoms with E-state index in [9.17, 15) is 4.39 Å². The lowest BCUT2D eigenvalue weighted by Gasteiger charge is -2.06. The summed E-state index contributed by atoms with van der Waals surface area (Å²) in [5, 5.41) is 3.31. The average Bonchev–Trinajstić information content (AvgIpc) is 2.26. The molecule has 1 aromatic rings. The molecule has 0 bridgehead atoms. The summed E-state index contributed by atoms with van der Waals surface area (Å²) in [7, 11) is 1.71. The van der Waals surface area contributed by atoms with E-state index in [0.29, 0.717) is 0 Å². The highest BCUT2D eigenvalue weighted by Crippen LogP contribution is 2.17. The number of unbranched alkanes of at least 4 members (excludes halogenated alkanes) is 1. The van der Waals surface area contributed by atoms with Crippen molar-refractivity contribution in [2.45, 2.75) is 19.4 Å². The van der Waals surface area contributed by atoms with Crippen LogP contribution in [-0.2, 0) is 11.3 Å². The molecule has 0 saturated carbocycles. The van der Waals surface area contributed by atoms with E-state index in [1.807, 2.05) is 0 Å². The third kappa shape index (κ3) is 5.05. The number of ether oxygens (including phenoxy) is 1. The molecule has 0 spiro atoms. The zero-order valence-corrected chi connectivity index (χ0v) is 11.0. The quantitative estimate of drug-likeness (QED) is 0.779. The molecule has 2 nitrogen and oxygen atoms in total. The molecule has 0 radical (unpaired) electrons. The van der Waals surface area contributed by atoms with Gasteiger partial charge in [0.05, 0.1) is 0 Å². The molecular formula is C12H17BrFNO. The van der Waals surface area contributed by atoms with E-state index < -0.39 is 0 Å². The predicted molar refractivity (Wildman–Crippen MR) is 66.9 cm³/mol. The average molecular weight is 290 g/mol. The van der Waals surface area contributed by atoms with Crippen molar-refractivity contribution in [3.63, 3.8) is 0 Å². The molecule has 0 saturated heterocycles. The molecule has 0 amide bonds. The van der Waals surface area contributed by atoms with E-state index in [-0.39, 0.29) is 5.82 Å². The van der Waals surface area contributed by atoms with Crippen LogP contribution in [0.5, 0.6) is 0 Å². The number of nitrogens with one attached hydrogen (secondary N) is 1. The summed E-state index contributed by atoms with van der Waals surface area (Å²) in [4.78, 5) is 0. The van der Waals surface area contributed by atoms with E-state index in [1.54, 1.807) is 13.2 Å². The normalized spacial score (nSPS) is 10.7. The van der Waals surface area contributed by atoms with Crippen molar-refractivity contribution in [1.82, 2.24) is 5.32 Å². The summed E-state index contributed by atoms with van der Waals surface area (Å²) >= 11 is 3.34. The molecule has 4 heteroatoms. The second kappa shape index (κ2) is 7.76. The van der Waals surface area contributed by atoms with E-state index in [0.717, 1.165) is 42.6 Å². The van der Waals surface area contributed by atoms with Gasteiger partial charge in [-0.1, -0.05) is 22.0 Å². The Balaban J connectivity index is 2.21. The first-order chi connectivity index (χ1) is 7.74. The van der Waals surface area contributed by atoms with Crippen LogP contribution in [0, 0.1) is 5.82 Å². The first-order valence-corrected chi connectivity index (χ1v) is 6.17. The molecule has 0 aliphatic rings. The Labute approximate surface area is 104 Å². The van der Waals surface area contributed by atoms with E-state index >= 15 is 0 Å². The Morgan fingerprint density at radius 1 is 1.38 bits per heavy atom. The molecule has 1 aromatic carbocycles. The summed E-state index contributed by atoms with van der Waals surface area (Å²) in [5.74, 6) is -0.212. The van der Waals surface area contributed by atoms with Crippen LogP contribution >= 0.6 is 15.9 Å². The number of benzene rings is 1. The van der Waals surface area contributed by atoms with Crippen molar-refractivity contribution in [2.24, 2.45) is 0 Å². The number of hydrogen-bond acceptors (Lipinski definition) is 2. The zero-order chi connectivity index (χ0) is 11.8. The van der Waals surface area contributed by atoms with Gasteiger partial charge in [0, 0.05) is 24.7 Å². The summed E-state index contributed by atoms with van der Waals surface area (Å²) in [6.45, 7) is 2.52. The Kier molecular flexibility index (Phi) is 6.61. The molecule has 0 aliphatic carbocycles. The zero-order valence-electron chi connectivity index (χ0n) is 9.43. The van der Waals surface area contributed by atoms with Crippen molar-refractivity contribution in [3.05, 3.63) is 34.1 Å². The van der Waals surface area contributed by atoms with Crippen LogP contribution in [0.15, 0.2) is 22.7 Å². The number of methoxy groups -OCH3 is 1. The molecule has 0 aromatic heterocycles. The molecule has 16 heavy (non-hydrogen) atoms. The summed E-state index contributed by atoms with van der Waals surface area (Å²) in [6.07, 6.45) is 2.15. The van der Waals surface area contributed by atoms with Crippen molar-refractivity contribution >= 4 is 15.9 Å². The minimum atomic E-state index is -0.212. The minimum Gasteiger partial charge on any atom is -0.385 e. The molecule has 1 N–H and O–H groups in total. The van der Waals surface area contributed by atoms with Gasteiger partial charge in [-0.2, -0.15) is 0 Å². The van der Waals surface area contributed by atoms with Gasteiger partial charge in [-0.3, -0.25) is 0 Å². The highest BCUT2D eigenvalue weighted by atomic mass is 79.9.